The Morgan fingerprint density at radius 3 is 2.83 bits per heavy atom. The highest BCUT2D eigenvalue weighted by Crippen LogP contribution is 2.33. The highest BCUT2D eigenvalue weighted by Gasteiger charge is 2.35. The second kappa shape index (κ2) is 4.56. The van der Waals surface area contributed by atoms with Crippen molar-refractivity contribution >= 4 is 22.5 Å². The molecule has 1 fully saturated rings. The van der Waals surface area contributed by atoms with Crippen molar-refractivity contribution < 1.29 is 0 Å². The van der Waals surface area contributed by atoms with Crippen LogP contribution in [0.1, 0.15) is 25.0 Å². The van der Waals surface area contributed by atoms with Crippen LogP contribution in [0.15, 0.2) is 24.3 Å². The van der Waals surface area contributed by atoms with Gasteiger partial charge in [-0.2, -0.15) is 5.10 Å². The fourth-order valence-corrected chi connectivity index (χ4v) is 3.01. The molecular formula is C14H18ClN3. The van der Waals surface area contributed by atoms with Crippen LogP contribution in [0.5, 0.6) is 0 Å². The molecule has 1 aliphatic rings. The van der Waals surface area contributed by atoms with E-state index in [1.807, 2.05) is 17.8 Å². The number of para-hydroxylation sites is 1. The summed E-state index contributed by atoms with van der Waals surface area (Å²) in [5, 5.41) is 9.43. The molecule has 4 heteroatoms. The van der Waals surface area contributed by atoms with E-state index in [0.29, 0.717) is 5.88 Å². The van der Waals surface area contributed by atoms with Gasteiger partial charge in [-0.15, -0.1) is 11.6 Å². The summed E-state index contributed by atoms with van der Waals surface area (Å²) in [4.78, 5) is 0. The lowest BCUT2D eigenvalue weighted by Gasteiger charge is -2.41. The standard InChI is InChI=1S/C14H18ClN3/c1-18-13-6-3-2-5-11(13)12(17-18)9-16-14(10-15)7-4-8-14/h2-3,5-6,16H,4,7-10H2,1H3. The predicted molar refractivity (Wildman–Crippen MR) is 74.9 cm³/mol. The van der Waals surface area contributed by atoms with E-state index in [1.165, 1.54) is 30.2 Å². The molecule has 0 bridgehead atoms. The maximum absolute atomic E-state index is 6.06. The summed E-state index contributed by atoms with van der Waals surface area (Å²) in [7, 11) is 1.99. The first-order valence-corrected chi connectivity index (χ1v) is 6.99. The van der Waals surface area contributed by atoms with E-state index >= 15 is 0 Å². The Bertz CT molecular complexity index is 552. The van der Waals surface area contributed by atoms with Crippen molar-refractivity contribution in [3.63, 3.8) is 0 Å². The minimum absolute atomic E-state index is 0.153. The van der Waals surface area contributed by atoms with Crippen LogP contribution in [-0.2, 0) is 13.6 Å². The second-order valence-corrected chi connectivity index (χ2v) is 5.48. The van der Waals surface area contributed by atoms with Crippen LogP contribution in [0, 0.1) is 0 Å². The maximum atomic E-state index is 6.06. The van der Waals surface area contributed by atoms with Gasteiger partial charge >= 0.3 is 0 Å². The molecule has 0 unspecified atom stereocenters. The van der Waals surface area contributed by atoms with Crippen LogP contribution in [0.3, 0.4) is 0 Å². The molecule has 3 rings (SSSR count). The van der Waals surface area contributed by atoms with Crippen molar-refractivity contribution in [1.82, 2.24) is 15.1 Å². The van der Waals surface area contributed by atoms with Crippen molar-refractivity contribution in [1.29, 1.82) is 0 Å². The molecule has 0 spiro atoms. The number of alkyl halides is 1. The van der Waals surface area contributed by atoms with Crippen molar-refractivity contribution in [3.05, 3.63) is 30.0 Å². The predicted octanol–water partition coefficient (Wildman–Crippen LogP) is 2.82. The monoisotopic (exact) mass is 263 g/mol. The number of aryl methyl sites for hydroxylation is 1. The van der Waals surface area contributed by atoms with Gasteiger partial charge in [0.25, 0.3) is 0 Å². The van der Waals surface area contributed by atoms with Crippen LogP contribution >= 0.6 is 11.6 Å². The van der Waals surface area contributed by atoms with Gasteiger partial charge in [0.1, 0.15) is 0 Å². The second-order valence-electron chi connectivity index (χ2n) is 5.21. The summed E-state index contributed by atoms with van der Waals surface area (Å²) in [5.74, 6) is 0.692. The average molecular weight is 264 g/mol. The van der Waals surface area contributed by atoms with Crippen molar-refractivity contribution in [2.45, 2.75) is 31.3 Å². The summed E-state index contributed by atoms with van der Waals surface area (Å²) in [5.41, 5.74) is 2.45. The third-order valence-corrected chi connectivity index (χ3v) is 4.54. The van der Waals surface area contributed by atoms with Gasteiger partial charge in [0, 0.05) is 30.4 Å². The van der Waals surface area contributed by atoms with E-state index in [0.717, 1.165) is 12.2 Å². The number of fused-ring (bicyclic) bond motifs is 1. The van der Waals surface area contributed by atoms with E-state index in [-0.39, 0.29) is 5.54 Å². The number of rotatable bonds is 4. The molecule has 0 amide bonds. The summed E-state index contributed by atoms with van der Waals surface area (Å²) >= 11 is 6.06. The Morgan fingerprint density at radius 2 is 2.17 bits per heavy atom. The molecule has 0 aliphatic heterocycles. The van der Waals surface area contributed by atoms with E-state index in [4.69, 9.17) is 11.6 Å². The molecule has 18 heavy (non-hydrogen) atoms. The molecule has 2 aromatic rings. The van der Waals surface area contributed by atoms with Crippen molar-refractivity contribution in [3.8, 4) is 0 Å². The number of nitrogens with zero attached hydrogens (tertiary/aromatic N) is 2. The Morgan fingerprint density at radius 1 is 1.39 bits per heavy atom. The van der Waals surface area contributed by atoms with Crippen molar-refractivity contribution in [2.75, 3.05) is 5.88 Å². The Balaban J connectivity index is 1.82. The minimum Gasteiger partial charge on any atom is -0.304 e. The van der Waals surface area contributed by atoms with Crippen LogP contribution in [0.2, 0.25) is 0 Å². The van der Waals surface area contributed by atoms with Gasteiger partial charge in [0.2, 0.25) is 0 Å². The van der Waals surface area contributed by atoms with Gasteiger partial charge < -0.3 is 5.32 Å². The highest BCUT2D eigenvalue weighted by molar-refractivity contribution is 6.18. The third kappa shape index (κ3) is 1.91. The molecule has 3 nitrogen and oxygen atoms in total. The first kappa shape index (κ1) is 12.0. The molecule has 1 saturated carbocycles. The molecule has 0 atom stereocenters. The van der Waals surface area contributed by atoms with E-state index in [2.05, 4.69) is 28.6 Å². The fourth-order valence-electron chi connectivity index (χ4n) is 2.65. The van der Waals surface area contributed by atoms with Crippen LogP contribution in [-0.4, -0.2) is 21.2 Å². The van der Waals surface area contributed by atoms with Gasteiger partial charge in [-0.05, 0) is 25.3 Å². The number of benzene rings is 1. The zero-order chi connectivity index (χ0) is 12.6. The molecule has 1 aromatic heterocycles. The Kier molecular flexibility index (Phi) is 3.04. The SMILES string of the molecule is Cn1nc(CNC2(CCl)CCC2)c2ccccc21. The number of hydrogen-bond donors (Lipinski definition) is 1. The van der Waals surface area contributed by atoms with Gasteiger partial charge in [-0.3, -0.25) is 4.68 Å². The largest absolute Gasteiger partial charge is 0.304 e. The summed E-state index contributed by atoms with van der Waals surface area (Å²) < 4.78 is 1.94. The molecule has 96 valence electrons. The quantitative estimate of drug-likeness (QED) is 0.860. The topological polar surface area (TPSA) is 29.9 Å². The van der Waals surface area contributed by atoms with E-state index in [9.17, 15) is 0 Å². The fraction of sp³-hybridized carbons (Fsp3) is 0.500. The highest BCUT2D eigenvalue weighted by atomic mass is 35.5. The van der Waals surface area contributed by atoms with Crippen LogP contribution in [0.25, 0.3) is 10.9 Å². The van der Waals surface area contributed by atoms with Gasteiger partial charge in [-0.25, -0.2) is 0 Å². The van der Waals surface area contributed by atoms with Crippen LogP contribution < -0.4 is 5.32 Å². The summed E-state index contributed by atoms with van der Waals surface area (Å²) in [6, 6.07) is 8.35. The maximum Gasteiger partial charge on any atom is 0.0841 e. The molecule has 0 radical (unpaired) electrons. The average Bonchev–Trinajstić information content (AvgIpc) is 2.67. The van der Waals surface area contributed by atoms with Gasteiger partial charge in [-0.1, -0.05) is 18.2 Å². The molecule has 1 aliphatic carbocycles. The lowest BCUT2D eigenvalue weighted by atomic mass is 9.78. The Labute approximate surface area is 112 Å². The van der Waals surface area contributed by atoms with E-state index in [1.54, 1.807) is 0 Å². The molecule has 1 heterocycles. The van der Waals surface area contributed by atoms with Crippen LogP contribution in [0.4, 0.5) is 0 Å². The summed E-state index contributed by atoms with van der Waals surface area (Å²) in [6.07, 6.45) is 3.64. The van der Waals surface area contributed by atoms with E-state index < -0.39 is 0 Å². The Hall–Kier alpha value is -1.06. The van der Waals surface area contributed by atoms with Gasteiger partial charge in [0.05, 0.1) is 11.2 Å². The lowest BCUT2D eigenvalue weighted by Crippen LogP contribution is -2.52. The number of nitrogens with one attached hydrogen (secondary N) is 1. The third-order valence-electron chi connectivity index (χ3n) is 4.03. The first-order chi connectivity index (χ1) is 8.74. The minimum atomic E-state index is 0.153. The first-order valence-electron chi connectivity index (χ1n) is 6.46. The molecule has 1 aromatic carbocycles. The molecule has 1 N–H and O–H groups in total. The number of halogens is 1. The smallest absolute Gasteiger partial charge is 0.0841 e. The van der Waals surface area contributed by atoms with Gasteiger partial charge in [0.15, 0.2) is 0 Å². The zero-order valence-electron chi connectivity index (χ0n) is 10.6. The normalized spacial score (nSPS) is 17.9. The van der Waals surface area contributed by atoms with Crippen molar-refractivity contribution in [2.24, 2.45) is 7.05 Å². The summed E-state index contributed by atoms with van der Waals surface area (Å²) in [6.45, 7) is 0.800. The molecule has 0 saturated heterocycles. The molecular weight excluding hydrogens is 246 g/mol. The zero-order valence-corrected chi connectivity index (χ0v) is 11.4. The number of aromatic nitrogens is 2. The number of hydrogen-bond acceptors (Lipinski definition) is 2. The lowest BCUT2D eigenvalue weighted by molar-refractivity contribution is 0.210.